The minimum Gasteiger partial charge on any atom is -0.382 e. The van der Waals surface area contributed by atoms with E-state index in [0.717, 1.165) is 65.7 Å². The molecule has 0 bridgehead atoms. The van der Waals surface area contributed by atoms with E-state index in [0.29, 0.717) is 186 Å². The van der Waals surface area contributed by atoms with Gasteiger partial charge in [-0.05, 0) is 93.6 Å². The number of piperazine rings is 1. The van der Waals surface area contributed by atoms with E-state index in [2.05, 4.69) is 31.1 Å². The van der Waals surface area contributed by atoms with Gasteiger partial charge in [0.1, 0.15) is 11.9 Å². The van der Waals surface area contributed by atoms with Gasteiger partial charge in [-0.1, -0.05) is 17.7 Å². The highest BCUT2D eigenvalue weighted by Gasteiger charge is 2.45. The first-order chi connectivity index (χ1) is 45.7. The number of benzene rings is 2. The standard InChI is InChI=1S/C68H95N9O17/c1-48(2)73-58-45-52(44-55(56(58)46-69)60(78)11-9-53-50(4)42-49(3)43-61(53)79)51-8-12-62(72-47-51)76-20-18-75(19-21-76)17-15-71-63(80)14-22-85-24-26-87-28-30-89-32-34-91-36-38-93-40-41-94-39-37-92-35-33-90-31-29-88-27-25-86-23-16-70-57-7-5-6-54-65(57)68(84)77(67(54)83)59-10-13-64(81)74-66(59)82/h5-8,12,42,44-48,59,69-70,73H,9-11,13-41,43H2,1-4H3,(H,71,80)(H,74,81,82). The molecule has 5 N–H and O–H groups in total. The quantitative estimate of drug-likeness (QED) is 0.0213. The van der Waals surface area contributed by atoms with Crippen molar-refractivity contribution in [1.82, 2.24) is 25.4 Å². The van der Waals surface area contributed by atoms with Crippen LogP contribution in [0.2, 0.25) is 0 Å². The summed E-state index contributed by atoms with van der Waals surface area (Å²) >= 11 is 0. The SMILES string of the molecule is CC1=CC(C)=C(CCC(=O)c2cc(-c3ccc(N4CCN(CCNC(=O)CCOCCOCCOCCOCCOCCOCCOCCOCCOCCOCCNc5cccc6c5C(=O)N(C5CCC(=O)NC5=O)C6=O)CC4)nc3)cc(NC(C)C)c2C=N)C(=O)C1. The minimum absolute atomic E-state index is 0.0555. The van der Waals surface area contributed by atoms with Gasteiger partial charge >= 0.3 is 0 Å². The molecule has 0 spiro atoms. The van der Waals surface area contributed by atoms with Crippen molar-refractivity contribution >= 4 is 64.5 Å². The number of anilines is 3. The molecule has 2 fully saturated rings. The van der Waals surface area contributed by atoms with Crippen molar-refractivity contribution < 1.29 is 80.9 Å². The van der Waals surface area contributed by atoms with Crippen LogP contribution in [0.1, 0.15) is 103 Å². The lowest BCUT2D eigenvalue weighted by atomic mass is 9.88. The number of carbonyl (C=O) groups is 7. The van der Waals surface area contributed by atoms with Gasteiger partial charge in [0.25, 0.3) is 11.8 Å². The van der Waals surface area contributed by atoms with E-state index < -0.39 is 29.7 Å². The lowest BCUT2D eigenvalue weighted by Crippen LogP contribution is -2.54. The average molecular weight is 1310 g/mol. The molecule has 0 saturated carbocycles. The van der Waals surface area contributed by atoms with E-state index in [4.69, 9.17) is 57.8 Å². The second-order valence-electron chi connectivity index (χ2n) is 23.2. The summed E-state index contributed by atoms with van der Waals surface area (Å²) in [6.45, 7) is 21.0. The molecule has 5 amide bonds. The van der Waals surface area contributed by atoms with Crippen molar-refractivity contribution in [3.8, 4) is 11.1 Å². The Bertz CT molecular complexity index is 3040. The number of carbonyl (C=O) groups excluding carboxylic acids is 7. The van der Waals surface area contributed by atoms with Crippen molar-refractivity contribution in [2.75, 3.05) is 193 Å². The molecule has 26 heteroatoms. The average Bonchev–Trinajstić information content (AvgIpc) is 1.58. The van der Waals surface area contributed by atoms with Crippen LogP contribution in [-0.2, 0) is 66.5 Å². The van der Waals surface area contributed by atoms with Crippen molar-refractivity contribution in [1.29, 1.82) is 5.41 Å². The van der Waals surface area contributed by atoms with Gasteiger partial charge in [0.05, 0.1) is 143 Å². The number of Topliss-reactive ketones (excluding diaryl/α,β-unsaturated/α-hetero) is 2. The summed E-state index contributed by atoms with van der Waals surface area (Å²) in [5.41, 5.74) is 6.88. The summed E-state index contributed by atoms with van der Waals surface area (Å²) in [4.78, 5) is 99.6. The molecular formula is C68H95N9O17. The number of allylic oxidation sites excluding steroid dienone is 4. The van der Waals surface area contributed by atoms with E-state index in [9.17, 15) is 33.6 Å². The smallest absolute Gasteiger partial charge is 0.264 e. The van der Waals surface area contributed by atoms with E-state index >= 15 is 0 Å². The Morgan fingerprint density at radius 2 is 1.24 bits per heavy atom. The van der Waals surface area contributed by atoms with Crippen LogP contribution in [-0.4, -0.2) is 252 Å². The molecule has 1 aromatic heterocycles. The summed E-state index contributed by atoms with van der Waals surface area (Å²) in [7, 11) is 0. The highest BCUT2D eigenvalue weighted by atomic mass is 16.6. The first kappa shape index (κ1) is 74.2. The van der Waals surface area contributed by atoms with Gasteiger partial charge in [0.15, 0.2) is 11.6 Å². The third-order valence-electron chi connectivity index (χ3n) is 15.8. The number of pyridine rings is 1. The molecule has 94 heavy (non-hydrogen) atoms. The van der Waals surface area contributed by atoms with Crippen molar-refractivity contribution in [3.63, 3.8) is 0 Å². The number of aromatic nitrogens is 1. The molecule has 3 aliphatic heterocycles. The number of piperidine rings is 1. The number of ether oxygens (including phenoxy) is 10. The molecule has 2 aromatic carbocycles. The second kappa shape index (κ2) is 40.9. The highest BCUT2D eigenvalue weighted by molar-refractivity contribution is 6.25. The van der Waals surface area contributed by atoms with Crippen LogP contribution in [0.3, 0.4) is 0 Å². The van der Waals surface area contributed by atoms with Crippen molar-refractivity contribution in [2.45, 2.75) is 78.3 Å². The van der Waals surface area contributed by atoms with E-state index in [1.54, 1.807) is 18.2 Å². The number of hydrogen-bond acceptors (Lipinski definition) is 23. The molecule has 1 atom stereocenters. The van der Waals surface area contributed by atoms with E-state index in [1.165, 1.54) is 6.21 Å². The maximum Gasteiger partial charge on any atom is 0.264 e. The van der Waals surface area contributed by atoms with Gasteiger partial charge < -0.3 is 73.6 Å². The number of imide groups is 2. The molecule has 1 aliphatic carbocycles. The van der Waals surface area contributed by atoms with Crippen molar-refractivity contribution in [3.05, 3.63) is 93.7 Å². The third kappa shape index (κ3) is 24.2. The van der Waals surface area contributed by atoms with Crippen LogP contribution in [0.25, 0.3) is 11.1 Å². The van der Waals surface area contributed by atoms with Crippen LogP contribution in [0.4, 0.5) is 17.2 Å². The molecule has 2 saturated heterocycles. The minimum atomic E-state index is -1.02. The predicted molar refractivity (Wildman–Crippen MR) is 352 cm³/mol. The zero-order valence-electron chi connectivity index (χ0n) is 55.0. The summed E-state index contributed by atoms with van der Waals surface area (Å²) < 4.78 is 55.6. The lowest BCUT2D eigenvalue weighted by molar-refractivity contribution is -0.136. The Balaban J connectivity index is 0.588. The Morgan fingerprint density at radius 3 is 1.78 bits per heavy atom. The first-order valence-corrected chi connectivity index (χ1v) is 32.7. The first-order valence-electron chi connectivity index (χ1n) is 32.7. The molecular weight excluding hydrogens is 1210 g/mol. The Hall–Kier alpha value is -7.21. The fourth-order valence-corrected chi connectivity index (χ4v) is 11.0. The van der Waals surface area contributed by atoms with Crippen LogP contribution in [0.15, 0.2) is 71.5 Å². The molecule has 514 valence electrons. The molecule has 26 nitrogen and oxygen atoms in total. The summed E-state index contributed by atoms with van der Waals surface area (Å²) in [6.07, 6.45) is 6.41. The van der Waals surface area contributed by atoms with Gasteiger partial charge in [-0.3, -0.25) is 48.7 Å². The molecule has 1 unspecified atom stereocenters. The van der Waals surface area contributed by atoms with Crippen LogP contribution in [0, 0.1) is 5.41 Å². The topological polar surface area (TPSA) is 306 Å². The zero-order chi connectivity index (χ0) is 66.9. The van der Waals surface area contributed by atoms with Crippen LogP contribution >= 0.6 is 0 Å². The van der Waals surface area contributed by atoms with Crippen molar-refractivity contribution in [2.24, 2.45) is 0 Å². The molecule has 0 radical (unpaired) electrons. The highest BCUT2D eigenvalue weighted by Crippen LogP contribution is 2.34. The van der Waals surface area contributed by atoms with Gasteiger partial charge in [0.2, 0.25) is 17.7 Å². The van der Waals surface area contributed by atoms with E-state index in [1.807, 2.05) is 64.2 Å². The Morgan fingerprint density at radius 1 is 0.670 bits per heavy atom. The third-order valence-corrected chi connectivity index (χ3v) is 15.8. The number of nitrogens with zero attached hydrogens (tertiary/aromatic N) is 4. The number of fused-ring (bicyclic) bond motifs is 1. The zero-order valence-corrected chi connectivity index (χ0v) is 55.0. The Kier molecular flexibility index (Phi) is 32.3. The van der Waals surface area contributed by atoms with Gasteiger partial charge in [0, 0.05) is 118 Å². The monoisotopic (exact) mass is 1310 g/mol. The number of nitrogens with one attached hydrogen (secondary N) is 5. The van der Waals surface area contributed by atoms with Gasteiger partial charge in [-0.25, -0.2) is 4.98 Å². The fraction of sp³-hybridized carbons (Fsp3) is 0.574. The molecule has 7 rings (SSSR count). The summed E-state index contributed by atoms with van der Waals surface area (Å²) in [5.74, 6) is -1.44. The molecule has 4 aliphatic rings. The second-order valence-corrected chi connectivity index (χ2v) is 23.2. The molecule has 3 aromatic rings. The Labute approximate surface area is 550 Å². The van der Waals surface area contributed by atoms with E-state index in [-0.39, 0.29) is 60.3 Å². The largest absolute Gasteiger partial charge is 0.382 e. The van der Waals surface area contributed by atoms with Crippen LogP contribution < -0.4 is 26.2 Å². The maximum atomic E-state index is 13.8. The number of amides is 5. The maximum absolute atomic E-state index is 13.8. The lowest BCUT2D eigenvalue weighted by Gasteiger charge is -2.35. The number of ketones is 2. The normalized spacial score (nSPS) is 16.1. The fourth-order valence-electron chi connectivity index (χ4n) is 11.0. The van der Waals surface area contributed by atoms with Crippen LogP contribution in [0.5, 0.6) is 0 Å². The number of hydrogen-bond donors (Lipinski definition) is 5. The van der Waals surface area contributed by atoms with Gasteiger partial charge in [-0.2, -0.15) is 0 Å². The number of rotatable bonds is 47. The summed E-state index contributed by atoms with van der Waals surface area (Å²) in [5, 5.41) is 20.0. The summed E-state index contributed by atoms with van der Waals surface area (Å²) in [6, 6.07) is 11.8. The van der Waals surface area contributed by atoms with Gasteiger partial charge in [-0.15, -0.1) is 0 Å². The molecule has 4 heterocycles. The predicted octanol–water partition coefficient (Wildman–Crippen LogP) is 5.07.